The van der Waals surface area contributed by atoms with Crippen LogP contribution in [0.4, 0.5) is 0 Å². The number of hydrogen-bond donors (Lipinski definition) is 1. The molecule has 2 rings (SSSR count). The second-order valence-electron chi connectivity index (χ2n) is 7.06. The highest BCUT2D eigenvalue weighted by Gasteiger charge is 2.34. The molecule has 1 aromatic carbocycles. The van der Waals surface area contributed by atoms with Gasteiger partial charge in [0, 0.05) is 13.1 Å². The number of likely N-dealkylation sites (tertiary alicyclic amines) is 1. The molecule has 1 aromatic rings. The summed E-state index contributed by atoms with van der Waals surface area (Å²) in [4.78, 5) is 14.2. The van der Waals surface area contributed by atoms with Crippen molar-refractivity contribution in [2.45, 2.75) is 40.0 Å². The topological polar surface area (TPSA) is 55.6 Å². The summed E-state index contributed by atoms with van der Waals surface area (Å²) < 4.78 is 5.83. The van der Waals surface area contributed by atoms with E-state index in [0.717, 1.165) is 36.4 Å². The number of amides is 1. The average molecular weight is 341 g/mol. The smallest absolute Gasteiger partial charge is 0.260 e. The fourth-order valence-corrected chi connectivity index (χ4v) is 2.88. The molecule has 1 heterocycles. The SMILES string of the molecule is Cc1ccc(C(C)C)c(OCC(=O)N2CCC(C)(CN)C2)c1.Cl. The van der Waals surface area contributed by atoms with Crippen molar-refractivity contribution in [1.82, 2.24) is 4.90 Å². The van der Waals surface area contributed by atoms with Gasteiger partial charge in [-0.15, -0.1) is 12.4 Å². The van der Waals surface area contributed by atoms with Gasteiger partial charge in [-0.3, -0.25) is 4.79 Å². The number of carbonyl (C=O) groups excluding carboxylic acids is 1. The van der Waals surface area contributed by atoms with Crippen molar-refractivity contribution in [3.63, 3.8) is 0 Å². The summed E-state index contributed by atoms with van der Waals surface area (Å²) >= 11 is 0. The molecule has 23 heavy (non-hydrogen) atoms. The van der Waals surface area contributed by atoms with E-state index >= 15 is 0 Å². The highest BCUT2D eigenvalue weighted by atomic mass is 35.5. The third-order valence-electron chi connectivity index (χ3n) is 4.55. The fourth-order valence-electron chi connectivity index (χ4n) is 2.88. The average Bonchev–Trinajstić information content (AvgIpc) is 2.88. The Morgan fingerprint density at radius 2 is 2.13 bits per heavy atom. The predicted molar refractivity (Wildman–Crippen MR) is 96.4 cm³/mol. The van der Waals surface area contributed by atoms with Crippen LogP contribution < -0.4 is 10.5 Å². The minimum atomic E-state index is 0. The van der Waals surface area contributed by atoms with Crippen LogP contribution >= 0.6 is 12.4 Å². The first-order valence-corrected chi connectivity index (χ1v) is 8.06. The molecule has 0 aromatic heterocycles. The number of nitrogens with zero attached hydrogens (tertiary/aromatic N) is 1. The molecule has 4 nitrogen and oxygen atoms in total. The largest absolute Gasteiger partial charge is 0.483 e. The summed E-state index contributed by atoms with van der Waals surface area (Å²) in [6.45, 7) is 10.7. The van der Waals surface area contributed by atoms with Crippen LogP contribution in [-0.4, -0.2) is 37.0 Å². The van der Waals surface area contributed by atoms with Crippen LogP contribution in [0.15, 0.2) is 18.2 Å². The van der Waals surface area contributed by atoms with E-state index in [9.17, 15) is 4.79 Å². The number of halogens is 1. The van der Waals surface area contributed by atoms with E-state index in [0.29, 0.717) is 12.5 Å². The summed E-state index contributed by atoms with van der Waals surface area (Å²) in [6.07, 6.45) is 0.969. The highest BCUT2D eigenvalue weighted by molar-refractivity contribution is 5.85. The molecule has 5 heteroatoms. The van der Waals surface area contributed by atoms with E-state index in [-0.39, 0.29) is 30.3 Å². The molecular formula is C18H29ClN2O2. The van der Waals surface area contributed by atoms with Crippen LogP contribution in [0.25, 0.3) is 0 Å². The first-order chi connectivity index (χ1) is 10.3. The summed E-state index contributed by atoms with van der Waals surface area (Å²) in [5, 5.41) is 0. The monoisotopic (exact) mass is 340 g/mol. The van der Waals surface area contributed by atoms with Gasteiger partial charge in [-0.1, -0.05) is 32.9 Å². The minimum absolute atomic E-state index is 0. The second kappa shape index (κ2) is 8.02. The van der Waals surface area contributed by atoms with Crippen LogP contribution in [0.1, 0.15) is 44.2 Å². The molecule has 1 fully saturated rings. The fraction of sp³-hybridized carbons (Fsp3) is 0.611. The van der Waals surface area contributed by atoms with E-state index in [1.807, 2.05) is 17.9 Å². The lowest BCUT2D eigenvalue weighted by Crippen LogP contribution is -2.37. The molecule has 1 saturated heterocycles. The van der Waals surface area contributed by atoms with Gasteiger partial charge in [0.1, 0.15) is 5.75 Å². The van der Waals surface area contributed by atoms with Crippen LogP contribution in [0, 0.1) is 12.3 Å². The van der Waals surface area contributed by atoms with Crippen LogP contribution in [0.2, 0.25) is 0 Å². The molecule has 1 aliphatic heterocycles. The van der Waals surface area contributed by atoms with Gasteiger partial charge in [0.2, 0.25) is 0 Å². The number of benzene rings is 1. The van der Waals surface area contributed by atoms with Crippen LogP contribution in [0.3, 0.4) is 0 Å². The Hall–Kier alpha value is -1.26. The van der Waals surface area contributed by atoms with Gasteiger partial charge in [0.05, 0.1) is 0 Å². The maximum Gasteiger partial charge on any atom is 0.260 e. The van der Waals surface area contributed by atoms with E-state index in [1.165, 1.54) is 0 Å². The predicted octanol–water partition coefficient (Wildman–Crippen LogP) is 3.12. The van der Waals surface area contributed by atoms with Crippen LogP contribution in [0.5, 0.6) is 5.75 Å². The highest BCUT2D eigenvalue weighted by Crippen LogP contribution is 2.30. The molecule has 1 atom stereocenters. The lowest BCUT2D eigenvalue weighted by atomic mass is 9.90. The zero-order valence-electron chi connectivity index (χ0n) is 14.6. The Morgan fingerprint density at radius 3 is 2.70 bits per heavy atom. The van der Waals surface area contributed by atoms with Gasteiger partial charge in [0.15, 0.2) is 6.61 Å². The summed E-state index contributed by atoms with van der Waals surface area (Å²) in [7, 11) is 0. The van der Waals surface area contributed by atoms with Gasteiger partial charge < -0.3 is 15.4 Å². The van der Waals surface area contributed by atoms with Crippen LogP contribution in [-0.2, 0) is 4.79 Å². The Balaban J connectivity index is 0.00000264. The first-order valence-electron chi connectivity index (χ1n) is 8.06. The molecule has 0 bridgehead atoms. The normalized spacial score (nSPS) is 20.5. The molecule has 1 unspecified atom stereocenters. The van der Waals surface area contributed by atoms with Crippen molar-refractivity contribution in [2.75, 3.05) is 26.2 Å². The summed E-state index contributed by atoms with van der Waals surface area (Å²) in [5.41, 5.74) is 8.14. The lowest BCUT2D eigenvalue weighted by molar-refractivity contribution is -0.132. The molecular weight excluding hydrogens is 312 g/mol. The van der Waals surface area contributed by atoms with Crippen molar-refractivity contribution in [2.24, 2.45) is 11.1 Å². The van der Waals surface area contributed by atoms with Gasteiger partial charge in [-0.2, -0.15) is 0 Å². The second-order valence-corrected chi connectivity index (χ2v) is 7.06. The summed E-state index contributed by atoms with van der Waals surface area (Å²) in [6, 6.07) is 6.18. The van der Waals surface area contributed by atoms with E-state index < -0.39 is 0 Å². The Bertz CT molecular complexity index is 548. The molecule has 0 saturated carbocycles. The zero-order valence-corrected chi connectivity index (χ0v) is 15.4. The molecule has 130 valence electrons. The lowest BCUT2D eigenvalue weighted by Gasteiger charge is -2.23. The quantitative estimate of drug-likeness (QED) is 0.896. The maximum atomic E-state index is 12.3. The first kappa shape index (κ1) is 19.8. The van der Waals surface area contributed by atoms with Gasteiger partial charge in [-0.05, 0) is 48.4 Å². The van der Waals surface area contributed by atoms with Gasteiger partial charge in [0.25, 0.3) is 5.91 Å². The number of aryl methyl sites for hydroxylation is 1. The Labute approximate surface area is 145 Å². The molecule has 2 N–H and O–H groups in total. The molecule has 1 aliphatic rings. The molecule has 0 aliphatic carbocycles. The van der Waals surface area contributed by atoms with E-state index in [1.54, 1.807) is 0 Å². The number of nitrogens with two attached hydrogens (primary N) is 1. The third-order valence-corrected chi connectivity index (χ3v) is 4.55. The number of carbonyl (C=O) groups is 1. The standard InChI is InChI=1S/C18H28N2O2.ClH/c1-13(2)15-6-5-14(3)9-16(15)22-10-17(21)20-8-7-18(4,11-19)12-20;/h5-6,9,13H,7-8,10-12,19H2,1-4H3;1H. The van der Waals surface area contributed by atoms with Gasteiger partial charge in [-0.25, -0.2) is 0 Å². The molecule has 1 amide bonds. The van der Waals surface area contributed by atoms with Crippen molar-refractivity contribution in [3.05, 3.63) is 29.3 Å². The maximum absolute atomic E-state index is 12.3. The number of hydrogen-bond acceptors (Lipinski definition) is 3. The van der Waals surface area contributed by atoms with Crippen molar-refractivity contribution in [1.29, 1.82) is 0 Å². The zero-order chi connectivity index (χ0) is 16.3. The Morgan fingerprint density at radius 1 is 1.43 bits per heavy atom. The third kappa shape index (κ3) is 4.85. The van der Waals surface area contributed by atoms with E-state index in [2.05, 4.69) is 32.9 Å². The Kier molecular flexibility index (Phi) is 6.90. The molecule has 0 spiro atoms. The van der Waals surface area contributed by atoms with Crippen molar-refractivity contribution in [3.8, 4) is 5.75 Å². The summed E-state index contributed by atoms with van der Waals surface area (Å²) in [5.74, 6) is 1.25. The van der Waals surface area contributed by atoms with Crippen molar-refractivity contribution >= 4 is 18.3 Å². The van der Waals surface area contributed by atoms with Crippen molar-refractivity contribution < 1.29 is 9.53 Å². The van der Waals surface area contributed by atoms with E-state index in [4.69, 9.17) is 10.5 Å². The van der Waals surface area contributed by atoms with Gasteiger partial charge >= 0.3 is 0 Å². The number of ether oxygens (including phenoxy) is 1. The molecule has 0 radical (unpaired) electrons. The number of rotatable bonds is 5. The minimum Gasteiger partial charge on any atom is -0.483 e.